The van der Waals surface area contributed by atoms with Gasteiger partial charge in [0, 0.05) is 15.7 Å². The second-order valence-corrected chi connectivity index (χ2v) is 4.30. The molecular weight excluding hydrogens is 332 g/mol. The van der Waals surface area contributed by atoms with E-state index in [-0.39, 0.29) is 10.2 Å². The minimum atomic E-state index is -5.90. The van der Waals surface area contributed by atoms with Crippen molar-refractivity contribution >= 4 is 21.6 Å². The second-order valence-electron chi connectivity index (χ2n) is 3.44. The lowest BCUT2D eigenvalue weighted by Crippen LogP contribution is -2.53. The van der Waals surface area contributed by atoms with E-state index < -0.39 is 23.5 Å². The molecule has 3 N–H and O–H groups in total. The van der Waals surface area contributed by atoms with Crippen LogP contribution in [0.1, 0.15) is 5.56 Å². The molecule has 0 radical (unpaired) electrons. The summed E-state index contributed by atoms with van der Waals surface area (Å²) in [5.41, 5.74) is -1.08. The SMILES string of the molecule is Nc1ccc(C(O)(C(F)(F)F)C(F)(F)F)cc1Br. The van der Waals surface area contributed by atoms with Crippen LogP contribution in [-0.4, -0.2) is 17.5 Å². The van der Waals surface area contributed by atoms with E-state index in [4.69, 9.17) is 10.8 Å². The summed E-state index contributed by atoms with van der Waals surface area (Å²) in [6, 6.07) is 1.79. The fourth-order valence-corrected chi connectivity index (χ4v) is 1.62. The monoisotopic (exact) mass is 337 g/mol. The van der Waals surface area contributed by atoms with E-state index in [1.165, 1.54) is 0 Å². The van der Waals surface area contributed by atoms with Gasteiger partial charge in [-0.05, 0) is 28.1 Å². The molecule has 0 atom stereocenters. The number of nitrogen functional groups attached to an aromatic ring is 1. The molecular formula is C9H6BrF6NO. The van der Waals surface area contributed by atoms with Gasteiger partial charge in [-0.2, -0.15) is 26.3 Å². The molecule has 0 saturated carbocycles. The smallest absolute Gasteiger partial charge is 0.398 e. The van der Waals surface area contributed by atoms with Gasteiger partial charge in [0.05, 0.1) is 0 Å². The normalized spacial score (nSPS) is 13.8. The Labute approximate surface area is 106 Å². The fraction of sp³-hybridized carbons (Fsp3) is 0.333. The summed E-state index contributed by atoms with van der Waals surface area (Å²) in [5, 5.41) is 9.06. The van der Waals surface area contributed by atoms with Crippen LogP contribution in [0.5, 0.6) is 0 Å². The zero-order chi connectivity index (χ0) is 14.4. The number of aliphatic hydroxyl groups is 1. The van der Waals surface area contributed by atoms with Gasteiger partial charge in [0.1, 0.15) is 0 Å². The molecule has 0 amide bonds. The highest BCUT2D eigenvalue weighted by Gasteiger charge is 2.71. The molecule has 0 heterocycles. The number of alkyl halides is 6. The predicted octanol–water partition coefficient (Wildman–Crippen LogP) is 3.34. The molecule has 0 saturated heterocycles. The van der Waals surface area contributed by atoms with Crippen LogP contribution in [-0.2, 0) is 5.60 Å². The van der Waals surface area contributed by atoms with E-state index in [9.17, 15) is 26.3 Å². The lowest BCUT2D eigenvalue weighted by atomic mass is 9.92. The molecule has 102 valence electrons. The molecule has 0 bridgehead atoms. The van der Waals surface area contributed by atoms with Crippen LogP contribution >= 0.6 is 15.9 Å². The summed E-state index contributed by atoms with van der Waals surface area (Å²) in [4.78, 5) is 0. The lowest BCUT2D eigenvalue weighted by molar-refractivity contribution is -0.376. The molecule has 0 fully saturated rings. The first-order valence-electron chi connectivity index (χ1n) is 4.32. The Balaban J connectivity index is 3.51. The van der Waals surface area contributed by atoms with Crippen molar-refractivity contribution < 1.29 is 31.4 Å². The number of benzene rings is 1. The van der Waals surface area contributed by atoms with Crippen LogP contribution in [0.4, 0.5) is 32.0 Å². The third-order valence-electron chi connectivity index (χ3n) is 2.24. The second kappa shape index (κ2) is 4.30. The number of hydrogen-bond donors (Lipinski definition) is 2. The van der Waals surface area contributed by atoms with Gasteiger partial charge < -0.3 is 10.8 Å². The molecule has 0 aliphatic carbocycles. The van der Waals surface area contributed by atoms with Gasteiger partial charge in [0.2, 0.25) is 0 Å². The standard InChI is InChI=1S/C9H6BrF6NO/c10-5-3-4(1-2-6(5)17)7(18,8(11,12)13)9(14,15)16/h1-3,18H,17H2. The molecule has 0 unspecified atom stereocenters. The summed E-state index contributed by atoms with van der Waals surface area (Å²) in [5.74, 6) is 0. The molecule has 1 rings (SSSR count). The Kier molecular flexibility index (Phi) is 3.61. The maximum absolute atomic E-state index is 12.5. The van der Waals surface area contributed by atoms with Crippen molar-refractivity contribution in [2.24, 2.45) is 0 Å². The molecule has 2 nitrogen and oxygen atoms in total. The Morgan fingerprint density at radius 1 is 1.00 bits per heavy atom. The summed E-state index contributed by atoms with van der Waals surface area (Å²) in [6.07, 6.45) is -11.8. The minimum absolute atomic E-state index is 0.0505. The van der Waals surface area contributed by atoms with Gasteiger partial charge in [-0.1, -0.05) is 6.07 Å². The van der Waals surface area contributed by atoms with Crippen molar-refractivity contribution in [3.63, 3.8) is 0 Å². The zero-order valence-electron chi connectivity index (χ0n) is 8.40. The molecule has 0 aromatic heterocycles. The Morgan fingerprint density at radius 3 is 1.78 bits per heavy atom. The van der Waals surface area contributed by atoms with E-state index in [0.717, 1.165) is 6.07 Å². The highest BCUT2D eigenvalue weighted by atomic mass is 79.9. The Hall–Kier alpha value is -0.960. The van der Waals surface area contributed by atoms with E-state index >= 15 is 0 Å². The molecule has 0 aliphatic heterocycles. The van der Waals surface area contributed by atoms with E-state index in [1.54, 1.807) is 0 Å². The van der Waals surface area contributed by atoms with Gasteiger partial charge in [-0.25, -0.2) is 0 Å². The summed E-state index contributed by atoms with van der Waals surface area (Å²) in [6.45, 7) is 0. The van der Waals surface area contributed by atoms with Crippen LogP contribution < -0.4 is 5.73 Å². The van der Waals surface area contributed by atoms with E-state index in [2.05, 4.69) is 15.9 Å². The summed E-state index contributed by atoms with van der Waals surface area (Å²) < 4.78 is 74.8. The minimum Gasteiger partial charge on any atom is -0.398 e. The molecule has 9 heteroatoms. The third-order valence-corrected chi connectivity index (χ3v) is 2.93. The molecule has 0 aliphatic rings. The Morgan fingerprint density at radius 2 is 1.44 bits per heavy atom. The van der Waals surface area contributed by atoms with Crippen molar-refractivity contribution in [1.29, 1.82) is 0 Å². The van der Waals surface area contributed by atoms with Crippen molar-refractivity contribution in [2.45, 2.75) is 18.0 Å². The fourth-order valence-electron chi connectivity index (χ4n) is 1.24. The van der Waals surface area contributed by atoms with Crippen molar-refractivity contribution in [1.82, 2.24) is 0 Å². The number of rotatable bonds is 1. The van der Waals surface area contributed by atoms with Crippen molar-refractivity contribution in [2.75, 3.05) is 5.73 Å². The van der Waals surface area contributed by atoms with Gasteiger partial charge in [0.25, 0.3) is 5.60 Å². The number of halogens is 7. The first-order valence-corrected chi connectivity index (χ1v) is 5.12. The molecule has 0 spiro atoms. The lowest BCUT2D eigenvalue weighted by Gasteiger charge is -2.32. The van der Waals surface area contributed by atoms with Crippen molar-refractivity contribution in [3.05, 3.63) is 28.2 Å². The summed E-state index contributed by atoms with van der Waals surface area (Å²) in [7, 11) is 0. The Bertz CT molecular complexity index is 441. The van der Waals surface area contributed by atoms with Crippen LogP contribution in [0.25, 0.3) is 0 Å². The maximum Gasteiger partial charge on any atom is 0.430 e. The van der Waals surface area contributed by atoms with Gasteiger partial charge in [-0.3, -0.25) is 0 Å². The van der Waals surface area contributed by atoms with Crippen LogP contribution in [0.2, 0.25) is 0 Å². The van der Waals surface area contributed by atoms with E-state index in [1.807, 2.05) is 0 Å². The molecule has 18 heavy (non-hydrogen) atoms. The van der Waals surface area contributed by atoms with Crippen LogP contribution in [0.15, 0.2) is 22.7 Å². The van der Waals surface area contributed by atoms with Gasteiger partial charge in [-0.15, -0.1) is 0 Å². The first-order chi connectivity index (χ1) is 7.91. The third kappa shape index (κ3) is 2.28. The topological polar surface area (TPSA) is 46.2 Å². The van der Waals surface area contributed by atoms with Crippen molar-refractivity contribution in [3.8, 4) is 0 Å². The predicted molar refractivity (Wildman–Crippen MR) is 54.6 cm³/mol. The highest BCUT2D eigenvalue weighted by Crippen LogP contribution is 2.50. The van der Waals surface area contributed by atoms with Crippen LogP contribution in [0, 0.1) is 0 Å². The quantitative estimate of drug-likeness (QED) is 0.609. The largest absolute Gasteiger partial charge is 0.430 e. The molecule has 1 aromatic rings. The number of hydrogen-bond acceptors (Lipinski definition) is 2. The first kappa shape index (κ1) is 15.1. The number of nitrogens with two attached hydrogens (primary N) is 1. The molecule has 1 aromatic carbocycles. The maximum atomic E-state index is 12.5. The van der Waals surface area contributed by atoms with Crippen LogP contribution in [0.3, 0.4) is 0 Å². The zero-order valence-corrected chi connectivity index (χ0v) is 9.99. The summed E-state index contributed by atoms with van der Waals surface area (Å²) >= 11 is 2.70. The van der Waals surface area contributed by atoms with E-state index in [0.29, 0.717) is 12.1 Å². The van der Waals surface area contributed by atoms with Gasteiger partial charge in [0.15, 0.2) is 0 Å². The highest BCUT2D eigenvalue weighted by molar-refractivity contribution is 9.10. The average Bonchev–Trinajstić information content (AvgIpc) is 2.17. The average molecular weight is 338 g/mol. The number of anilines is 1. The van der Waals surface area contributed by atoms with Gasteiger partial charge >= 0.3 is 12.4 Å².